The summed E-state index contributed by atoms with van der Waals surface area (Å²) in [5.41, 5.74) is 3.94. The van der Waals surface area contributed by atoms with Gasteiger partial charge in [0.2, 0.25) is 5.91 Å². The predicted octanol–water partition coefficient (Wildman–Crippen LogP) is 3.52. The number of nitro groups is 1. The molecule has 7 heteroatoms. The van der Waals surface area contributed by atoms with Crippen LogP contribution >= 0.6 is 0 Å². The number of carbonyl (C=O) groups is 2. The fourth-order valence-corrected chi connectivity index (χ4v) is 4.03. The minimum atomic E-state index is -1.17. The van der Waals surface area contributed by atoms with Crippen LogP contribution in [0.25, 0.3) is 11.1 Å². The van der Waals surface area contributed by atoms with Crippen LogP contribution in [0.4, 0.5) is 5.69 Å². The van der Waals surface area contributed by atoms with Crippen molar-refractivity contribution < 1.29 is 19.6 Å². The number of rotatable bonds is 6. The summed E-state index contributed by atoms with van der Waals surface area (Å²) in [7, 11) is 0. The number of nitrogens with zero attached hydrogens (tertiary/aromatic N) is 1. The quantitative estimate of drug-likeness (QED) is 0.484. The Labute approximate surface area is 172 Å². The van der Waals surface area contributed by atoms with E-state index in [0.29, 0.717) is 5.56 Å². The number of aliphatic carboxylic acids is 1. The number of carboxylic acids is 1. The maximum Gasteiger partial charge on any atom is 0.327 e. The topological polar surface area (TPSA) is 110 Å². The SMILES string of the molecule is O=C(Cc1cccc([N+](=O)[O-])c1)N[C@@H](C(=O)O)C1c2ccccc2-c2ccccc21. The molecule has 0 bridgehead atoms. The maximum absolute atomic E-state index is 12.6. The average Bonchev–Trinajstić information content (AvgIpc) is 3.06. The molecular weight excluding hydrogens is 384 g/mol. The van der Waals surface area contributed by atoms with Gasteiger partial charge in [0.15, 0.2) is 0 Å². The second-order valence-corrected chi connectivity index (χ2v) is 7.14. The van der Waals surface area contributed by atoms with Gasteiger partial charge in [0.25, 0.3) is 5.69 Å². The molecule has 3 aromatic carbocycles. The molecule has 0 radical (unpaired) electrons. The van der Waals surface area contributed by atoms with Crippen molar-refractivity contribution >= 4 is 17.6 Å². The third-order valence-electron chi connectivity index (χ3n) is 5.28. The number of nitro benzene ring substituents is 1. The largest absolute Gasteiger partial charge is 0.480 e. The van der Waals surface area contributed by atoms with Gasteiger partial charge in [-0.1, -0.05) is 60.7 Å². The Bertz CT molecular complexity index is 1110. The highest BCUT2D eigenvalue weighted by atomic mass is 16.6. The molecule has 0 aliphatic heterocycles. The van der Waals surface area contributed by atoms with E-state index in [1.165, 1.54) is 18.2 Å². The minimum absolute atomic E-state index is 0.117. The van der Waals surface area contributed by atoms with E-state index in [0.717, 1.165) is 22.3 Å². The van der Waals surface area contributed by atoms with E-state index >= 15 is 0 Å². The van der Waals surface area contributed by atoms with Crippen molar-refractivity contribution in [1.29, 1.82) is 0 Å². The molecular formula is C23H18N2O5. The molecule has 0 saturated heterocycles. The highest BCUT2D eigenvalue weighted by Gasteiger charge is 2.38. The number of hydrogen-bond acceptors (Lipinski definition) is 4. The van der Waals surface area contributed by atoms with Gasteiger partial charge in [0.1, 0.15) is 6.04 Å². The Balaban J connectivity index is 1.62. The molecule has 3 aromatic rings. The summed E-state index contributed by atoms with van der Waals surface area (Å²) in [5, 5.41) is 23.5. The van der Waals surface area contributed by atoms with E-state index in [1.54, 1.807) is 6.07 Å². The van der Waals surface area contributed by atoms with E-state index in [1.807, 2.05) is 48.5 Å². The normalized spacial score (nSPS) is 13.2. The van der Waals surface area contributed by atoms with Gasteiger partial charge in [-0.25, -0.2) is 4.79 Å². The van der Waals surface area contributed by atoms with Gasteiger partial charge in [-0.2, -0.15) is 0 Å². The van der Waals surface area contributed by atoms with E-state index < -0.39 is 28.8 Å². The minimum Gasteiger partial charge on any atom is -0.480 e. The number of carbonyl (C=O) groups excluding carboxylic acids is 1. The fourth-order valence-electron chi connectivity index (χ4n) is 4.03. The van der Waals surface area contributed by atoms with Crippen LogP contribution in [0.5, 0.6) is 0 Å². The van der Waals surface area contributed by atoms with Gasteiger partial charge in [-0.15, -0.1) is 0 Å². The molecule has 2 N–H and O–H groups in total. The Morgan fingerprint density at radius 2 is 1.57 bits per heavy atom. The van der Waals surface area contributed by atoms with Crippen molar-refractivity contribution in [3.05, 3.63) is 99.6 Å². The molecule has 0 heterocycles. The summed E-state index contributed by atoms with van der Waals surface area (Å²) < 4.78 is 0. The smallest absolute Gasteiger partial charge is 0.327 e. The van der Waals surface area contributed by atoms with Crippen molar-refractivity contribution in [3.63, 3.8) is 0 Å². The Hall–Kier alpha value is -4.00. The van der Waals surface area contributed by atoms with Crippen LogP contribution in [0.1, 0.15) is 22.6 Å². The number of benzene rings is 3. The van der Waals surface area contributed by atoms with Crippen molar-refractivity contribution in [2.45, 2.75) is 18.4 Å². The molecule has 1 aliphatic rings. The fraction of sp³-hybridized carbons (Fsp3) is 0.130. The number of nitrogens with one attached hydrogen (secondary N) is 1. The second kappa shape index (κ2) is 7.79. The van der Waals surface area contributed by atoms with Gasteiger partial charge in [-0.3, -0.25) is 14.9 Å². The van der Waals surface area contributed by atoms with E-state index in [-0.39, 0.29) is 12.1 Å². The summed E-state index contributed by atoms with van der Waals surface area (Å²) in [6.07, 6.45) is -0.151. The Morgan fingerprint density at radius 1 is 0.967 bits per heavy atom. The van der Waals surface area contributed by atoms with E-state index in [4.69, 9.17) is 0 Å². The predicted molar refractivity (Wildman–Crippen MR) is 110 cm³/mol. The van der Waals surface area contributed by atoms with Gasteiger partial charge in [-0.05, 0) is 27.8 Å². The van der Waals surface area contributed by atoms with Crippen molar-refractivity contribution in [2.24, 2.45) is 0 Å². The standard InChI is InChI=1S/C23H18N2O5/c26-20(13-14-6-5-7-15(12-14)25(29)30)24-22(23(27)28)21-18-10-3-1-8-16(18)17-9-2-4-11-19(17)21/h1-12,21-22H,13H2,(H,24,26)(H,27,28)/t22-/m1/s1. The number of fused-ring (bicyclic) bond motifs is 3. The van der Waals surface area contributed by atoms with Crippen LogP contribution < -0.4 is 5.32 Å². The summed E-state index contributed by atoms with van der Waals surface area (Å²) in [4.78, 5) is 35.2. The second-order valence-electron chi connectivity index (χ2n) is 7.14. The molecule has 0 aromatic heterocycles. The maximum atomic E-state index is 12.6. The zero-order valence-corrected chi connectivity index (χ0v) is 15.8. The third kappa shape index (κ3) is 3.53. The molecule has 7 nitrogen and oxygen atoms in total. The molecule has 0 saturated carbocycles. The molecule has 1 aliphatic carbocycles. The van der Waals surface area contributed by atoms with Crippen LogP contribution in [-0.4, -0.2) is 27.9 Å². The molecule has 0 unspecified atom stereocenters. The van der Waals surface area contributed by atoms with Crippen LogP contribution in [0, 0.1) is 10.1 Å². The van der Waals surface area contributed by atoms with Crippen molar-refractivity contribution in [1.82, 2.24) is 5.32 Å². The first-order valence-corrected chi connectivity index (χ1v) is 9.39. The average molecular weight is 402 g/mol. The molecule has 1 amide bonds. The lowest BCUT2D eigenvalue weighted by Gasteiger charge is -2.23. The first-order valence-electron chi connectivity index (χ1n) is 9.39. The van der Waals surface area contributed by atoms with E-state index in [2.05, 4.69) is 5.32 Å². The van der Waals surface area contributed by atoms with Crippen LogP contribution in [0.2, 0.25) is 0 Å². The van der Waals surface area contributed by atoms with Crippen LogP contribution in [0.3, 0.4) is 0 Å². The van der Waals surface area contributed by atoms with Gasteiger partial charge in [0, 0.05) is 18.1 Å². The summed E-state index contributed by atoms with van der Waals surface area (Å²) >= 11 is 0. The number of carboxylic acid groups (broad SMARTS) is 1. The van der Waals surface area contributed by atoms with Gasteiger partial charge < -0.3 is 10.4 Å². The zero-order chi connectivity index (χ0) is 21.3. The van der Waals surface area contributed by atoms with Gasteiger partial charge in [0.05, 0.1) is 11.3 Å². The van der Waals surface area contributed by atoms with Crippen LogP contribution in [-0.2, 0) is 16.0 Å². The molecule has 0 fully saturated rings. The van der Waals surface area contributed by atoms with Crippen molar-refractivity contribution in [3.8, 4) is 11.1 Å². The summed E-state index contributed by atoms with van der Waals surface area (Å²) in [5.74, 6) is -2.17. The van der Waals surface area contributed by atoms with E-state index in [9.17, 15) is 24.8 Å². The molecule has 30 heavy (non-hydrogen) atoms. The molecule has 0 spiro atoms. The number of amides is 1. The van der Waals surface area contributed by atoms with Crippen molar-refractivity contribution in [2.75, 3.05) is 0 Å². The lowest BCUT2D eigenvalue weighted by molar-refractivity contribution is -0.384. The van der Waals surface area contributed by atoms with Crippen LogP contribution in [0.15, 0.2) is 72.8 Å². The molecule has 4 rings (SSSR count). The summed E-state index contributed by atoms with van der Waals surface area (Å²) in [6.45, 7) is 0. The zero-order valence-electron chi connectivity index (χ0n) is 15.8. The number of non-ortho nitro benzene ring substituents is 1. The lowest BCUT2D eigenvalue weighted by Crippen LogP contribution is -2.45. The highest BCUT2D eigenvalue weighted by molar-refractivity contribution is 5.89. The first kappa shape index (κ1) is 19.3. The lowest BCUT2D eigenvalue weighted by atomic mass is 9.89. The first-order chi connectivity index (χ1) is 14.5. The Morgan fingerprint density at radius 3 is 2.13 bits per heavy atom. The summed E-state index contributed by atoms with van der Waals surface area (Å²) in [6, 6.07) is 19.7. The highest BCUT2D eigenvalue weighted by Crippen LogP contribution is 2.46. The monoisotopic (exact) mass is 402 g/mol. The Kier molecular flexibility index (Phi) is 5.02. The number of hydrogen-bond donors (Lipinski definition) is 2. The third-order valence-corrected chi connectivity index (χ3v) is 5.28. The van der Waals surface area contributed by atoms with Gasteiger partial charge >= 0.3 is 5.97 Å². The molecule has 150 valence electrons. The molecule has 1 atom stereocenters.